The number of halogens is 3. The molecule has 1 amide bonds. The predicted molar refractivity (Wildman–Crippen MR) is 105 cm³/mol. The van der Waals surface area contributed by atoms with Crippen molar-refractivity contribution >= 4 is 23.4 Å². The molecule has 8 heteroatoms. The van der Waals surface area contributed by atoms with Gasteiger partial charge in [0.1, 0.15) is 0 Å². The number of nitrogens with zero attached hydrogens (tertiary/aromatic N) is 3. The number of carbonyl (C=O) groups is 1. The Kier molecular flexibility index (Phi) is 6.17. The lowest BCUT2D eigenvalue weighted by Crippen LogP contribution is -2.49. The lowest BCUT2D eigenvalue weighted by Gasteiger charge is -2.37. The fourth-order valence-corrected chi connectivity index (χ4v) is 3.88. The molecule has 3 rings (SSSR count). The second-order valence-electron chi connectivity index (χ2n) is 6.76. The maximum atomic E-state index is 12.6. The molecule has 0 atom stereocenters. The van der Waals surface area contributed by atoms with E-state index in [9.17, 15) is 18.0 Å². The van der Waals surface area contributed by atoms with Gasteiger partial charge < -0.3 is 9.80 Å². The summed E-state index contributed by atoms with van der Waals surface area (Å²) in [7, 11) is 0. The predicted octanol–water partition coefficient (Wildman–Crippen LogP) is 4.16. The van der Waals surface area contributed by atoms with E-state index in [1.807, 2.05) is 6.07 Å². The van der Waals surface area contributed by atoms with Gasteiger partial charge in [-0.15, -0.1) is 0 Å². The number of pyridine rings is 1. The van der Waals surface area contributed by atoms with E-state index in [-0.39, 0.29) is 11.7 Å². The van der Waals surface area contributed by atoms with Crippen molar-refractivity contribution in [2.24, 2.45) is 0 Å². The van der Waals surface area contributed by atoms with E-state index in [0.717, 1.165) is 37.1 Å². The number of anilines is 1. The van der Waals surface area contributed by atoms with Crippen LogP contribution in [0.4, 0.5) is 18.9 Å². The molecule has 0 N–H and O–H groups in total. The molecule has 0 radical (unpaired) electrons. The van der Waals surface area contributed by atoms with E-state index in [1.54, 1.807) is 4.90 Å². The molecule has 1 fully saturated rings. The number of aromatic nitrogens is 1. The van der Waals surface area contributed by atoms with Crippen molar-refractivity contribution in [3.63, 3.8) is 0 Å². The van der Waals surface area contributed by atoms with Crippen LogP contribution in [0.3, 0.4) is 0 Å². The lowest BCUT2D eigenvalue weighted by molar-refractivity contribution is -0.138. The number of thioether (sulfide) groups is 1. The minimum absolute atomic E-state index is 0.0210. The maximum Gasteiger partial charge on any atom is 0.417 e. The molecule has 150 valence electrons. The molecular weight excluding hydrogens is 387 g/mol. The van der Waals surface area contributed by atoms with Gasteiger partial charge in [-0.3, -0.25) is 4.79 Å². The summed E-state index contributed by atoms with van der Waals surface area (Å²) in [5.41, 5.74) is 2.92. The molecule has 2 heterocycles. The van der Waals surface area contributed by atoms with Crippen molar-refractivity contribution in [2.45, 2.75) is 25.0 Å². The van der Waals surface area contributed by atoms with Gasteiger partial charge in [0.2, 0.25) is 5.91 Å². The molecule has 0 saturated carbocycles. The average molecular weight is 409 g/mol. The fourth-order valence-electron chi connectivity index (χ4n) is 3.14. The van der Waals surface area contributed by atoms with Crippen LogP contribution >= 0.6 is 11.8 Å². The molecule has 1 aromatic carbocycles. The van der Waals surface area contributed by atoms with Crippen LogP contribution in [0.2, 0.25) is 0 Å². The van der Waals surface area contributed by atoms with Crippen molar-refractivity contribution in [2.75, 3.05) is 36.8 Å². The highest BCUT2D eigenvalue weighted by Crippen LogP contribution is 2.29. The van der Waals surface area contributed by atoms with Crippen molar-refractivity contribution in [1.82, 2.24) is 9.88 Å². The molecule has 1 aromatic heterocycles. The van der Waals surface area contributed by atoms with E-state index in [2.05, 4.69) is 35.9 Å². The zero-order valence-electron chi connectivity index (χ0n) is 15.8. The lowest BCUT2D eigenvalue weighted by atomic mass is 10.1. The third-order valence-corrected chi connectivity index (χ3v) is 5.88. The Morgan fingerprint density at radius 1 is 1.11 bits per heavy atom. The summed E-state index contributed by atoms with van der Waals surface area (Å²) in [6.07, 6.45) is -3.60. The third kappa shape index (κ3) is 4.79. The van der Waals surface area contributed by atoms with Crippen LogP contribution in [0.1, 0.15) is 16.7 Å². The van der Waals surface area contributed by atoms with Gasteiger partial charge in [0.05, 0.1) is 16.3 Å². The van der Waals surface area contributed by atoms with E-state index < -0.39 is 11.7 Å². The van der Waals surface area contributed by atoms with Crippen LogP contribution in [0, 0.1) is 13.8 Å². The summed E-state index contributed by atoms with van der Waals surface area (Å²) in [6, 6.07) is 8.53. The molecular formula is C20H22F3N3OS. The van der Waals surface area contributed by atoms with Gasteiger partial charge in [-0.05, 0) is 43.2 Å². The Labute approximate surface area is 166 Å². The Bertz CT molecular complexity index is 832. The quantitative estimate of drug-likeness (QED) is 0.711. The number of aryl methyl sites for hydroxylation is 1. The maximum absolute atomic E-state index is 12.6. The summed E-state index contributed by atoms with van der Waals surface area (Å²) in [5, 5.41) is 0.412. The number of carbonyl (C=O) groups excluding carboxylic acids is 1. The van der Waals surface area contributed by atoms with Crippen molar-refractivity contribution in [3.05, 3.63) is 53.2 Å². The zero-order valence-corrected chi connectivity index (χ0v) is 16.6. The minimum atomic E-state index is -4.40. The zero-order chi connectivity index (χ0) is 20.3. The van der Waals surface area contributed by atoms with E-state index >= 15 is 0 Å². The van der Waals surface area contributed by atoms with Gasteiger partial charge in [-0.1, -0.05) is 23.9 Å². The molecule has 0 spiro atoms. The van der Waals surface area contributed by atoms with Gasteiger partial charge in [0, 0.05) is 38.1 Å². The summed E-state index contributed by atoms with van der Waals surface area (Å²) >= 11 is 1.16. The Morgan fingerprint density at radius 3 is 2.43 bits per heavy atom. The number of hydrogen-bond acceptors (Lipinski definition) is 4. The fraction of sp³-hybridized carbons (Fsp3) is 0.400. The van der Waals surface area contributed by atoms with Crippen molar-refractivity contribution < 1.29 is 18.0 Å². The number of alkyl halides is 3. The number of benzene rings is 1. The number of hydrogen-bond donors (Lipinski definition) is 0. The smallest absolute Gasteiger partial charge is 0.368 e. The molecule has 0 unspecified atom stereocenters. The second-order valence-corrected chi connectivity index (χ2v) is 7.75. The first-order valence-corrected chi connectivity index (χ1v) is 9.99. The SMILES string of the molecule is Cc1cccc(N2CCN(C(=O)CSc3ccc(C(F)(F)F)cn3)CC2)c1C. The van der Waals surface area contributed by atoms with Gasteiger partial charge in [0.25, 0.3) is 0 Å². The Balaban J connectivity index is 1.51. The largest absolute Gasteiger partial charge is 0.417 e. The molecule has 1 aliphatic rings. The Morgan fingerprint density at radius 2 is 1.82 bits per heavy atom. The Hall–Kier alpha value is -2.22. The molecule has 4 nitrogen and oxygen atoms in total. The van der Waals surface area contributed by atoms with E-state index in [1.165, 1.54) is 22.9 Å². The van der Waals surface area contributed by atoms with Crippen LogP contribution in [-0.2, 0) is 11.0 Å². The number of piperazine rings is 1. The van der Waals surface area contributed by atoms with Gasteiger partial charge in [0.15, 0.2) is 0 Å². The van der Waals surface area contributed by atoms with Gasteiger partial charge >= 0.3 is 6.18 Å². The first-order chi connectivity index (χ1) is 13.3. The molecule has 1 aliphatic heterocycles. The van der Waals surface area contributed by atoms with Crippen LogP contribution in [0.25, 0.3) is 0 Å². The standard InChI is InChI=1S/C20H22F3N3OS/c1-14-4-3-5-17(15(14)2)25-8-10-26(11-9-25)19(27)13-28-18-7-6-16(12-24-18)20(21,22)23/h3-7,12H,8-11,13H2,1-2H3. The van der Waals surface area contributed by atoms with Crippen LogP contribution in [-0.4, -0.2) is 47.7 Å². The molecule has 0 aliphatic carbocycles. The summed E-state index contributed by atoms with van der Waals surface area (Å²) in [6.45, 7) is 6.99. The number of rotatable bonds is 4. The van der Waals surface area contributed by atoms with Crippen molar-refractivity contribution in [3.8, 4) is 0 Å². The van der Waals surface area contributed by atoms with Crippen LogP contribution in [0.5, 0.6) is 0 Å². The van der Waals surface area contributed by atoms with Crippen LogP contribution in [0.15, 0.2) is 41.6 Å². The van der Waals surface area contributed by atoms with E-state index in [4.69, 9.17) is 0 Å². The van der Waals surface area contributed by atoms with Crippen LogP contribution < -0.4 is 4.90 Å². The third-order valence-electron chi connectivity index (χ3n) is 4.96. The highest BCUT2D eigenvalue weighted by molar-refractivity contribution is 7.99. The summed E-state index contributed by atoms with van der Waals surface area (Å²) < 4.78 is 37.7. The monoisotopic (exact) mass is 409 g/mol. The average Bonchev–Trinajstić information content (AvgIpc) is 2.68. The first-order valence-electron chi connectivity index (χ1n) is 9.00. The van der Waals surface area contributed by atoms with E-state index in [0.29, 0.717) is 18.1 Å². The molecule has 2 aromatic rings. The highest BCUT2D eigenvalue weighted by Gasteiger charge is 2.30. The van der Waals surface area contributed by atoms with Crippen molar-refractivity contribution in [1.29, 1.82) is 0 Å². The van der Waals surface area contributed by atoms with Gasteiger partial charge in [-0.2, -0.15) is 13.2 Å². The highest BCUT2D eigenvalue weighted by atomic mass is 32.2. The minimum Gasteiger partial charge on any atom is -0.368 e. The summed E-state index contributed by atoms with van der Waals surface area (Å²) in [5.74, 6) is 0.147. The second kappa shape index (κ2) is 8.43. The normalized spacial score (nSPS) is 15.0. The molecule has 28 heavy (non-hydrogen) atoms. The summed E-state index contributed by atoms with van der Waals surface area (Å²) in [4.78, 5) is 20.3. The topological polar surface area (TPSA) is 36.4 Å². The van der Waals surface area contributed by atoms with Gasteiger partial charge in [-0.25, -0.2) is 4.98 Å². The molecule has 1 saturated heterocycles. The molecule has 0 bridgehead atoms. The first kappa shape index (κ1) is 20.5. The number of amides is 1.